The van der Waals surface area contributed by atoms with Crippen LogP contribution in [0.1, 0.15) is 37.1 Å². The summed E-state index contributed by atoms with van der Waals surface area (Å²) in [4.78, 5) is 16.3. The smallest absolute Gasteiger partial charge is 0.246 e. The Labute approximate surface area is 123 Å². The molecule has 5 nitrogen and oxygen atoms in total. The van der Waals surface area contributed by atoms with Gasteiger partial charge in [0, 0.05) is 11.5 Å². The summed E-state index contributed by atoms with van der Waals surface area (Å²) in [5.41, 5.74) is 2.07. The first kappa shape index (κ1) is 13.8. The highest BCUT2D eigenvalue weighted by Gasteiger charge is 2.22. The minimum atomic E-state index is 0.0998. The number of nitrogens with zero attached hydrogens (tertiary/aromatic N) is 2. The lowest BCUT2D eigenvalue weighted by atomic mass is 10.1. The largest absolute Gasteiger partial charge is 0.347 e. The summed E-state index contributed by atoms with van der Waals surface area (Å²) in [5.74, 6) is 1.26. The summed E-state index contributed by atoms with van der Waals surface area (Å²) < 4.78 is 5.20. The van der Waals surface area contributed by atoms with Crippen LogP contribution in [0.25, 0.3) is 11.4 Å². The van der Waals surface area contributed by atoms with Crippen LogP contribution in [0, 0.1) is 12.8 Å². The number of carbonyl (C=O) groups excluding carboxylic acids is 1. The van der Waals surface area contributed by atoms with Gasteiger partial charge in [-0.05, 0) is 25.8 Å². The van der Waals surface area contributed by atoms with Gasteiger partial charge in [-0.1, -0.05) is 41.8 Å². The van der Waals surface area contributed by atoms with Gasteiger partial charge in [0.1, 0.15) is 0 Å². The van der Waals surface area contributed by atoms with Crippen LogP contribution in [0.2, 0.25) is 0 Å². The monoisotopic (exact) mass is 285 g/mol. The maximum atomic E-state index is 11.9. The van der Waals surface area contributed by atoms with Crippen molar-refractivity contribution in [1.29, 1.82) is 0 Å². The Hall–Kier alpha value is -2.17. The second-order valence-electron chi connectivity index (χ2n) is 5.58. The van der Waals surface area contributed by atoms with Crippen LogP contribution in [0.4, 0.5) is 0 Å². The number of amides is 1. The standard InChI is InChI=1S/C16H19N3O2/c1-11-5-4-8-13(9-11)15-18-14(21-19-15)10-17-16(20)12-6-2-3-7-12/h4-5,8-9,12H,2-3,6-7,10H2,1H3,(H,17,20). The maximum absolute atomic E-state index is 11.9. The van der Waals surface area contributed by atoms with Gasteiger partial charge in [-0.25, -0.2) is 0 Å². The molecule has 0 aliphatic heterocycles. The Morgan fingerprint density at radius 2 is 2.19 bits per heavy atom. The van der Waals surface area contributed by atoms with Crippen molar-refractivity contribution >= 4 is 5.91 Å². The number of hydrogen-bond acceptors (Lipinski definition) is 4. The van der Waals surface area contributed by atoms with Crippen LogP contribution in [-0.2, 0) is 11.3 Å². The molecule has 1 N–H and O–H groups in total. The average molecular weight is 285 g/mol. The maximum Gasteiger partial charge on any atom is 0.246 e. The molecule has 2 aromatic rings. The lowest BCUT2D eigenvalue weighted by Crippen LogP contribution is -2.28. The first-order chi connectivity index (χ1) is 10.2. The topological polar surface area (TPSA) is 68.0 Å². The first-order valence-electron chi connectivity index (χ1n) is 7.40. The summed E-state index contributed by atoms with van der Waals surface area (Å²) in [6, 6.07) is 7.93. The fourth-order valence-electron chi connectivity index (χ4n) is 2.72. The van der Waals surface area contributed by atoms with Gasteiger partial charge in [0.25, 0.3) is 0 Å². The number of hydrogen-bond donors (Lipinski definition) is 1. The van der Waals surface area contributed by atoms with E-state index in [9.17, 15) is 4.79 Å². The number of nitrogens with one attached hydrogen (secondary N) is 1. The molecular formula is C16H19N3O2. The van der Waals surface area contributed by atoms with Gasteiger partial charge in [-0.2, -0.15) is 4.98 Å². The predicted octanol–water partition coefficient (Wildman–Crippen LogP) is 2.85. The molecule has 1 aliphatic carbocycles. The minimum absolute atomic E-state index is 0.0998. The molecule has 1 fully saturated rings. The molecule has 0 unspecified atom stereocenters. The van der Waals surface area contributed by atoms with E-state index >= 15 is 0 Å². The molecule has 0 spiro atoms. The zero-order valence-electron chi connectivity index (χ0n) is 12.1. The van der Waals surface area contributed by atoms with E-state index in [4.69, 9.17) is 4.52 Å². The normalized spacial score (nSPS) is 15.3. The summed E-state index contributed by atoms with van der Waals surface area (Å²) in [6.07, 6.45) is 4.28. The molecule has 1 saturated carbocycles. The van der Waals surface area contributed by atoms with Crippen molar-refractivity contribution in [2.75, 3.05) is 0 Å². The summed E-state index contributed by atoms with van der Waals surface area (Å²) in [5, 5.41) is 6.85. The van der Waals surface area contributed by atoms with Crippen molar-refractivity contribution < 1.29 is 9.32 Å². The van der Waals surface area contributed by atoms with E-state index in [1.165, 1.54) is 0 Å². The molecule has 3 rings (SSSR count). The summed E-state index contributed by atoms with van der Waals surface area (Å²) >= 11 is 0. The second-order valence-corrected chi connectivity index (χ2v) is 5.58. The third-order valence-electron chi connectivity index (χ3n) is 3.88. The van der Waals surface area contributed by atoms with E-state index in [1.807, 2.05) is 31.2 Å². The van der Waals surface area contributed by atoms with Gasteiger partial charge in [0.15, 0.2) is 0 Å². The van der Waals surface area contributed by atoms with Gasteiger partial charge in [-0.15, -0.1) is 0 Å². The number of aromatic nitrogens is 2. The van der Waals surface area contributed by atoms with E-state index in [-0.39, 0.29) is 11.8 Å². The molecule has 110 valence electrons. The molecule has 0 saturated heterocycles. The van der Waals surface area contributed by atoms with Crippen LogP contribution < -0.4 is 5.32 Å². The lowest BCUT2D eigenvalue weighted by Gasteiger charge is -2.07. The quantitative estimate of drug-likeness (QED) is 0.938. The Balaban J connectivity index is 1.61. The molecule has 1 aliphatic rings. The SMILES string of the molecule is Cc1cccc(-c2noc(CNC(=O)C3CCCC3)n2)c1. The number of benzene rings is 1. The second kappa shape index (κ2) is 6.08. The molecule has 0 radical (unpaired) electrons. The molecule has 1 aromatic carbocycles. The highest BCUT2D eigenvalue weighted by molar-refractivity contribution is 5.78. The van der Waals surface area contributed by atoms with Crippen LogP contribution in [0.3, 0.4) is 0 Å². The Morgan fingerprint density at radius 3 is 2.95 bits per heavy atom. The Kier molecular flexibility index (Phi) is 3.99. The van der Waals surface area contributed by atoms with Crippen LogP contribution in [0.5, 0.6) is 0 Å². The van der Waals surface area contributed by atoms with Gasteiger partial charge in [0.2, 0.25) is 17.6 Å². The van der Waals surface area contributed by atoms with E-state index in [2.05, 4.69) is 15.5 Å². The Morgan fingerprint density at radius 1 is 1.38 bits per heavy atom. The average Bonchev–Trinajstić information content (AvgIpc) is 3.16. The summed E-state index contributed by atoms with van der Waals surface area (Å²) in [6.45, 7) is 2.32. The fourth-order valence-corrected chi connectivity index (χ4v) is 2.72. The van der Waals surface area contributed by atoms with Gasteiger partial charge in [-0.3, -0.25) is 4.79 Å². The fraction of sp³-hybridized carbons (Fsp3) is 0.438. The zero-order valence-corrected chi connectivity index (χ0v) is 12.1. The van der Waals surface area contributed by atoms with E-state index in [0.717, 1.165) is 36.8 Å². The highest BCUT2D eigenvalue weighted by Crippen LogP contribution is 2.24. The van der Waals surface area contributed by atoms with Crippen molar-refractivity contribution in [3.63, 3.8) is 0 Å². The zero-order chi connectivity index (χ0) is 14.7. The van der Waals surface area contributed by atoms with Gasteiger partial charge >= 0.3 is 0 Å². The van der Waals surface area contributed by atoms with Crippen molar-refractivity contribution in [3.8, 4) is 11.4 Å². The molecule has 1 heterocycles. The molecule has 0 atom stereocenters. The molecule has 1 amide bonds. The van der Waals surface area contributed by atoms with Crippen molar-refractivity contribution in [3.05, 3.63) is 35.7 Å². The lowest BCUT2D eigenvalue weighted by molar-refractivity contribution is -0.125. The van der Waals surface area contributed by atoms with Crippen molar-refractivity contribution in [2.24, 2.45) is 5.92 Å². The number of aryl methyl sites for hydroxylation is 1. The number of rotatable bonds is 4. The molecular weight excluding hydrogens is 266 g/mol. The predicted molar refractivity (Wildman–Crippen MR) is 78.3 cm³/mol. The molecule has 0 bridgehead atoms. The van der Waals surface area contributed by atoms with Gasteiger partial charge in [0.05, 0.1) is 6.54 Å². The first-order valence-corrected chi connectivity index (χ1v) is 7.40. The summed E-state index contributed by atoms with van der Waals surface area (Å²) in [7, 11) is 0. The molecule has 1 aromatic heterocycles. The van der Waals surface area contributed by atoms with Gasteiger partial charge < -0.3 is 9.84 Å². The molecule has 5 heteroatoms. The van der Waals surface area contributed by atoms with E-state index < -0.39 is 0 Å². The molecule has 21 heavy (non-hydrogen) atoms. The van der Waals surface area contributed by atoms with Crippen LogP contribution in [-0.4, -0.2) is 16.0 Å². The van der Waals surface area contributed by atoms with E-state index in [0.29, 0.717) is 18.3 Å². The van der Waals surface area contributed by atoms with Crippen LogP contribution >= 0.6 is 0 Å². The van der Waals surface area contributed by atoms with Crippen molar-refractivity contribution in [1.82, 2.24) is 15.5 Å². The Bertz CT molecular complexity index is 630. The third kappa shape index (κ3) is 3.29. The van der Waals surface area contributed by atoms with Crippen molar-refractivity contribution in [2.45, 2.75) is 39.2 Å². The minimum Gasteiger partial charge on any atom is -0.347 e. The number of carbonyl (C=O) groups is 1. The van der Waals surface area contributed by atoms with E-state index in [1.54, 1.807) is 0 Å². The van der Waals surface area contributed by atoms with Crippen LogP contribution in [0.15, 0.2) is 28.8 Å². The highest BCUT2D eigenvalue weighted by atomic mass is 16.5. The third-order valence-corrected chi connectivity index (χ3v) is 3.88.